The summed E-state index contributed by atoms with van der Waals surface area (Å²) in [5, 5.41) is 15.4. The van der Waals surface area contributed by atoms with Gasteiger partial charge in [0.05, 0.1) is 11.4 Å². The van der Waals surface area contributed by atoms with Crippen LogP contribution in [0.3, 0.4) is 0 Å². The third-order valence-corrected chi connectivity index (χ3v) is 4.78. The normalized spacial score (nSPS) is 10.8. The van der Waals surface area contributed by atoms with Crippen LogP contribution >= 0.6 is 11.6 Å². The Bertz CT molecular complexity index is 995. The fraction of sp³-hybridized carbons (Fsp3) is 0.200. The summed E-state index contributed by atoms with van der Waals surface area (Å²) in [6.45, 7) is 3.76. The first-order valence-electron chi connectivity index (χ1n) is 8.16. The number of carbonyl (C=O) groups excluding carboxylic acids is 1. The summed E-state index contributed by atoms with van der Waals surface area (Å²) in [4.78, 5) is 14.2. The summed E-state index contributed by atoms with van der Waals surface area (Å²) in [6, 6.07) is 12.2. The summed E-state index contributed by atoms with van der Waals surface area (Å²) >= 11 is 6.03. The van der Waals surface area contributed by atoms with Gasteiger partial charge in [-0.2, -0.15) is 5.10 Å². The summed E-state index contributed by atoms with van der Waals surface area (Å²) in [7, 11) is 3.50. The van der Waals surface area contributed by atoms with Gasteiger partial charge in [0, 0.05) is 42.0 Å². The highest BCUT2D eigenvalue weighted by Gasteiger charge is 2.17. The standard InChI is InChI=1S/C20H20ClN3O2/c1-12-9-14(5-8-17(12)21)20(26)23(3)15-6-7-16(19(25)11-15)18-10-13(2)22-24(18)4/h5-11,25H,1-4H3. The van der Waals surface area contributed by atoms with Crippen LogP contribution in [-0.4, -0.2) is 27.8 Å². The van der Waals surface area contributed by atoms with E-state index >= 15 is 0 Å². The molecule has 5 nitrogen and oxygen atoms in total. The second-order valence-electron chi connectivity index (χ2n) is 6.32. The van der Waals surface area contributed by atoms with E-state index in [1.807, 2.05) is 27.0 Å². The highest BCUT2D eigenvalue weighted by molar-refractivity contribution is 6.31. The molecular formula is C20H20ClN3O2. The van der Waals surface area contributed by atoms with E-state index in [0.717, 1.165) is 17.0 Å². The molecule has 0 unspecified atom stereocenters. The lowest BCUT2D eigenvalue weighted by molar-refractivity contribution is 0.0993. The zero-order valence-electron chi connectivity index (χ0n) is 15.1. The lowest BCUT2D eigenvalue weighted by atomic mass is 10.1. The minimum atomic E-state index is -0.173. The number of hydrogen-bond donors (Lipinski definition) is 1. The number of aromatic hydroxyl groups is 1. The van der Waals surface area contributed by atoms with Crippen molar-refractivity contribution < 1.29 is 9.90 Å². The first-order valence-corrected chi connectivity index (χ1v) is 8.54. The van der Waals surface area contributed by atoms with Gasteiger partial charge in [-0.05, 0) is 55.8 Å². The predicted molar refractivity (Wildman–Crippen MR) is 104 cm³/mol. The van der Waals surface area contributed by atoms with Gasteiger partial charge < -0.3 is 10.0 Å². The van der Waals surface area contributed by atoms with Crippen molar-refractivity contribution in [2.24, 2.45) is 7.05 Å². The largest absolute Gasteiger partial charge is 0.507 e. The minimum Gasteiger partial charge on any atom is -0.507 e. The van der Waals surface area contributed by atoms with Gasteiger partial charge in [0.15, 0.2) is 0 Å². The number of benzene rings is 2. The maximum absolute atomic E-state index is 12.7. The summed E-state index contributed by atoms with van der Waals surface area (Å²) in [5.74, 6) is -0.0780. The maximum atomic E-state index is 12.7. The number of aryl methyl sites for hydroxylation is 3. The van der Waals surface area contributed by atoms with Gasteiger partial charge in [-0.1, -0.05) is 11.6 Å². The molecule has 1 amide bonds. The zero-order valence-corrected chi connectivity index (χ0v) is 15.9. The Morgan fingerprint density at radius 3 is 2.46 bits per heavy atom. The van der Waals surface area contributed by atoms with Crippen LogP contribution in [-0.2, 0) is 7.05 Å². The molecule has 134 valence electrons. The van der Waals surface area contributed by atoms with Crippen molar-refractivity contribution in [3.05, 3.63) is 64.3 Å². The van der Waals surface area contributed by atoms with E-state index in [1.54, 1.807) is 48.1 Å². The highest BCUT2D eigenvalue weighted by Crippen LogP contribution is 2.33. The molecule has 0 aliphatic heterocycles. The molecule has 0 bridgehead atoms. The van der Waals surface area contributed by atoms with Gasteiger partial charge in [0.2, 0.25) is 0 Å². The molecule has 2 aromatic carbocycles. The number of halogens is 1. The SMILES string of the molecule is Cc1cc(-c2ccc(N(C)C(=O)c3ccc(Cl)c(C)c3)cc2O)n(C)n1. The first kappa shape index (κ1) is 18.0. The molecule has 0 spiro atoms. The third kappa shape index (κ3) is 3.30. The molecule has 1 aromatic heterocycles. The van der Waals surface area contributed by atoms with Crippen LogP contribution in [0.2, 0.25) is 5.02 Å². The van der Waals surface area contributed by atoms with Crippen LogP contribution in [0.25, 0.3) is 11.3 Å². The minimum absolute atomic E-state index is 0.0948. The van der Waals surface area contributed by atoms with Crippen molar-refractivity contribution in [1.82, 2.24) is 9.78 Å². The number of aromatic nitrogens is 2. The predicted octanol–water partition coefficient (Wildman–Crippen LogP) is 4.34. The molecule has 0 fully saturated rings. The van der Waals surface area contributed by atoms with Gasteiger partial charge in [0.25, 0.3) is 5.91 Å². The van der Waals surface area contributed by atoms with Crippen LogP contribution in [0.15, 0.2) is 42.5 Å². The first-order chi connectivity index (χ1) is 12.3. The molecule has 0 saturated carbocycles. The highest BCUT2D eigenvalue weighted by atomic mass is 35.5. The van der Waals surface area contributed by atoms with Crippen LogP contribution in [0.4, 0.5) is 5.69 Å². The Labute approximate surface area is 157 Å². The lowest BCUT2D eigenvalue weighted by Gasteiger charge is -2.19. The van der Waals surface area contributed by atoms with Crippen molar-refractivity contribution in [1.29, 1.82) is 0 Å². The topological polar surface area (TPSA) is 58.4 Å². The number of nitrogens with zero attached hydrogens (tertiary/aromatic N) is 3. The van der Waals surface area contributed by atoms with E-state index in [0.29, 0.717) is 21.8 Å². The number of phenols is 1. The Balaban J connectivity index is 1.91. The van der Waals surface area contributed by atoms with E-state index in [9.17, 15) is 9.90 Å². The van der Waals surface area contributed by atoms with Crippen molar-refractivity contribution in [3.63, 3.8) is 0 Å². The number of hydrogen-bond acceptors (Lipinski definition) is 3. The number of amides is 1. The van der Waals surface area contributed by atoms with Gasteiger partial charge in [-0.3, -0.25) is 9.48 Å². The number of phenolic OH excluding ortho intramolecular Hbond substituents is 1. The van der Waals surface area contributed by atoms with Crippen molar-refractivity contribution in [2.75, 3.05) is 11.9 Å². The summed E-state index contributed by atoms with van der Waals surface area (Å²) in [6.07, 6.45) is 0. The van der Waals surface area contributed by atoms with Crippen molar-refractivity contribution in [3.8, 4) is 17.0 Å². The second-order valence-corrected chi connectivity index (χ2v) is 6.73. The number of anilines is 1. The van der Waals surface area contributed by atoms with Gasteiger partial charge in [-0.15, -0.1) is 0 Å². The van der Waals surface area contributed by atoms with Crippen LogP contribution in [0.1, 0.15) is 21.6 Å². The lowest BCUT2D eigenvalue weighted by Crippen LogP contribution is -2.26. The Kier molecular flexibility index (Phi) is 4.74. The zero-order chi connectivity index (χ0) is 19.0. The Morgan fingerprint density at radius 1 is 1.15 bits per heavy atom. The van der Waals surface area contributed by atoms with Gasteiger partial charge in [0.1, 0.15) is 5.75 Å². The fourth-order valence-corrected chi connectivity index (χ4v) is 3.01. The van der Waals surface area contributed by atoms with E-state index in [1.165, 1.54) is 4.90 Å². The molecule has 1 N–H and O–H groups in total. The van der Waals surface area contributed by atoms with E-state index in [2.05, 4.69) is 5.10 Å². The van der Waals surface area contributed by atoms with Crippen LogP contribution in [0, 0.1) is 13.8 Å². The quantitative estimate of drug-likeness (QED) is 0.747. The Morgan fingerprint density at radius 2 is 1.88 bits per heavy atom. The molecule has 6 heteroatoms. The average molecular weight is 370 g/mol. The molecule has 0 radical (unpaired) electrons. The molecule has 0 aliphatic carbocycles. The molecule has 0 saturated heterocycles. The number of carbonyl (C=O) groups is 1. The maximum Gasteiger partial charge on any atom is 0.258 e. The molecule has 0 aliphatic rings. The van der Waals surface area contributed by atoms with Gasteiger partial charge >= 0.3 is 0 Å². The Hall–Kier alpha value is -2.79. The van der Waals surface area contributed by atoms with Crippen molar-refractivity contribution >= 4 is 23.2 Å². The smallest absolute Gasteiger partial charge is 0.258 e. The van der Waals surface area contributed by atoms with Gasteiger partial charge in [-0.25, -0.2) is 0 Å². The molecule has 3 rings (SSSR count). The van der Waals surface area contributed by atoms with E-state index in [-0.39, 0.29) is 11.7 Å². The molecular weight excluding hydrogens is 350 g/mol. The molecule has 1 heterocycles. The number of rotatable bonds is 3. The van der Waals surface area contributed by atoms with E-state index in [4.69, 9.17) is 11.6 Å². The van der Waals surface area contributed by atoms with E-state index < -0.39 is 0 Å². The summed E-state index contributed by atoms with van der Waals surface area (Å²) < 4.78 is 1.72. The fourth-order valence-electron chi connectivity index (χ4n) is 2.90. The van der Waals surface area contributed by atoms with Crippen LogP contribution in [0.5, 0.6) is 5.75 Å². The third-order valence-electron chi connectivity index (χ3n) is 4.36. The second kappa shape index (κ2) is 6.84. The van der Waals surface area contributed by atoms with Crippen LogP contribution < -0.4 is 4.90 Å². The molecule has 0 atom stereocenters. The van der Waals surface area contributed by atoms with Crippen molar-refractivity contribution in [2.45, 2.75) is 13.8 Å². The molecule has 3 aromatic rings. The summed E-state index contributed by atoms with van der Waals surface area (Å²) in [5.41, 5.74) is 4.34. The monoisotopic (exact) mass is 369 g/mol. The average Bonchev–Trinajstić information content (AvgIpc) is 2.94. The molecule has 26 heavy (non-hydrogen) atoms.